The summed E-state index contributed by atoms with van der Waals surface area (Å²) in [5.74, 6) is -1.12. The van der Waals surface area contributed by atoms with E-state index >= 15 is 0 Å². The van der Waals surface area contributed by atoms with Gasteiger partial charge in [0.25, 0.3) is 0 Å². The molecule has 2 N–H and O–H groups in total. The van der Waals surface area contributed by atoms with Crippen LogP contribution in [0.25, 0.3) is 0 Å². The maximum absolute atomic E-state index is 11.9. The smallest absolute Gasteiger partial charge is 0.441 e. The van der Waals surface area contributed by atoms with Crippen LogP contribution in [0.3, 0.4) is 0 Å². The van der Waals surface area contributed by atoms with Gasteiger partial charge in [-0.15, -0.1) is 0 Å². The molecule has 1 aliphatic rings. The molecule has 3 nitrogen and oxygen atoms in total. The lowest BCUT2D eigenvalue weighted by atomic mass is 9.79. The number of carboxylic acids is 1. The zero-order valence-electron chi connectivity index (χ0n) is 10.0. The molecule has 1 fully saturated rings. The molecule has 106 valence electrons. The predicted molar refractivity (Wildman–Crippen MR) is 64.5 cm³/mol. The largest absolute Gasteiger partial charge is 0.481 e. The number of halogens is 3. The van der Waals surface area contributed by atoms with Crippen LogP contribution in [0.4, 0.5) is 13.2 Å². The Morgan fingerprint density at radius 1 is 1.33 bits per heavy atom. The van der Waals surface area contributed by atoms with Crippen LogP contribution < -0.4 is 5.32 Å². The van der Waals surface area contributed by atoms with E-state index < -0.39 is 11.5 Å². The number of alkyl halides is 3. The Balaban J connectivity index is 2.19. The van der Waals surface area contributed by atoms with E-state index in [0.717, 1.165) is 19.3 Å². The molecule has 0 heterocycles. The molecule has 0 aliphatic heterocycles. The lowest BCUT2D eigenvalue weighted by molar-refractivity contribution is -0.144. The fraction of sp³-hybridized carbons (Fsp3) is 0.909. The molecule has 0 aromatic carbocycles. The number of thioether (sulfide) groups is 1. The van der Waals surface area contributed by atoms with E-state index in [1.807, 2.05) is 0 Å². The molecule has 0 spiro atoms. The predicted octanol–water partition coefficient (Wildman–Crippen LogP) is 2.72. The minimum atomic E-state index is -4.18. The van der Waals surface area contributed by atoms with Gasteiger partial charge in [0.15, 0.2) is 0 Å². The molecule has 2 atom stereocenters. The van der Waals surface area contributed by atoms with Crippen molar-refractivity contribution in [3.63, 3.8) is 0 Å². The molecule has 18 heavy (non-hydrogen) atoms. The average Bonchev–Trinajstić information content (AvgIpc) is 2.27. The van der Waals surface area contributed by atoms with Gasteiger partial charge in [0.2, 0.25) is 0 Å². The summed E-state index contributed by atoms with van der Waals surface area (Å²) in [6.07, 6.45) is 3.46. The van der Waals surface area contributed by atoms with Gasteiger partial charge in [0.1, 0.15) is 0 Å². The van der Waals surface area contributed by atoms with Crippen LogP contribution in [0.15, 0.2) is 0 Å². The Bertz CT molecular complexity index is 274. The zero-order chi connectivity index (χ0) is 13.6. The van der Waals surface area contributed by atoms with E-state index in [0.29, 0.717) is 13.0 Å². The van der Waals surface area contributed by atoms with Crippen LogP contribution >= 0.6 is 11.8 Å². The number of rotatable bonds is 6. The normalized spacial score (nSPS) is 25.1. The minimum Gasteiger partial charge on any atom is -0.481 e. The van der Waals surface area contributed by atoms with E-state index in [-0.39, 0.29) is 35.9 Å². The molecule has 2 unspecified atom stereocenters. The Kier molecular flexibility index (Phi) is 6.28. The van der Waals surface area contributed by atoms with Gasteiger partial charge in [-0.1, -0.05) is 12.8 Å². The van der Waals surface area contributed by atoms with Crippen molar-refractivity contribution < 1.29 is 23.1 Å². The Labute approximate surface area is 109 Å². The van der Waals surface area contributed by atoms with E-state index in [1.165, 1.54) is 0 Å². The number of carboxylic acid groups (broad SMARTS) is 1. The fourth-order valence-corrected chi connectivity index (χ4v) is 2.78. The summed E-state index contributed by atoms with van der Waals surface area (Å²) < 4.78 is 35.6. The molecule has 0 saturated heterocycles. The second-order valence-corrected chi connectivity index (χ2v) is 5.65. The highest BCUT2D eigenvalue weighted by molar-refractivity contribution is 8.00. The summed E-state index contributed by atoms with van der Waals surface area (Å²) >= 11 is -0.0515. The minimum absolute atomic E-state index is 0.0338. The summed E-state index contributed by atoms with van der Waals surface area (Å²) in [5, 5.41) is 12.0. The van der Waals surface area contributed by atoms with E-state index in [1.54, 1.807) is 0 Å². The SMILES string of the molecule is O=C(O)C1CCCCC1CNCCSC(F)(F)F. The third kappa shape index (κ3) is 5.95. The maximum Gasteiger partial charge on any atom is 0.441 e. The Hall–Kier alpha value is -0.430. The van der Waals surface area contributed by atoms with Gasteiger partial charge in [-0.05, 0) is 37.1 Å². The number of aliphatic carboxylic acids is 1. The Morgan fingerprint density at radius 2 is 2.00 bits per heavy atom. The van der Waals surface area contributed by atoms with E-state index in [4.69, 9.17) is 5.11 Å². The number of nitrogens with one attached hydrogen (secondary N) is 1. The zero-order valence-corrected chi connectivity index (χ0v) is 10.8. The van der Waals surface area contributed by atoms with Crippen molar-refractivity contribution in [2.75, 3.05) is 18.8 Å². The maximum atomic E-state index is 11.9. The first-order valence-corrected chi connectivity index (χ1v) is 7.03. The highest BCUT2D eigenvalue weighted by Crippen LogP contribution is 2.30. The van der Waals surface area contributed by atoms with Crippen LogP contribution in [0.1, 0.15) is 25.7 Å². The number of hydrogen-bond acceptors (Lipinski definition) is 3. The summed E-state index contributed by atoms with van der Waals surface area (Å²) in [4.78, 5) is 11.0. The second-order valence-electron chi connectivity index (χ2n) is 4.49. The van der Waals surface area contributed by atoms with Gasteiger partial charge in [-0.3, -0.25) is 4.79 Å². The highest BCUT2D eigenvalue weighted by Gasteiger charge is 2.30. The molecule has 7 heteroatoms. The van der Waals surface area contributed by atoms with Gasteiger partial charge < -0.3 is 10.4 Å². The molecule has 0 aromatic heterocycles. The van der Waals surface area contributed by atoms with Crippen molar-refractivity contribution >= 4 is 17.7 Å². The van der Waals surface area contributed by atoms with Gasteiger partial charge in [-0.25, -0.2) is 0 Å². The van der Waals surface area contributed by atoms with E-state index in [2.05, 4.69) is 5.32 Å². The second kappa shape index (κ2) is 7.23. The van der Waals surface area contributed by atoms with Crippen molar-refractivity contribution in [3.8, 4) is 0 Å². The van der Waals surface area contributed by atoms with Crippen molar-refractivity contribution in [1.29, 1.82) is 0 Å². The van der Waals surface area contributed by atoms with Crippen LogP contribution in [0.2, 0.25) is 0 Å². The van der Waals surface area contributed by atoms with Crippen LogP contribution in [-0.2, 0) is 4.79 Å². The fourth-order valence-electron chi connectivity index (χ4n) is 2.30. The molecular weight excluding hydrogens is 267 g/mol. The van der Waals surface area contributed by atoms with Crippen molar-refractivity contribution in [3.05, 3.63) is 0 Å². The van der Waals surface area contributed by atoms with Crippen LogP contribution in [0.5, 0.6) is 0 Å². The molecule has 0 aromatic rings. The standard InChI is InChI=1S/C11H18F3NO2S/c12-11(13,14)18-6-5-15-7-8-3-1-2-4-9(8)10(16)17/h8-9,15H,1-7H2,(H,16,17). The summed E-state index contributed by atoms with van der Waals surface area (Å²) in [6.45, 7) is 0.752. The summed E-state index contributed by atoms with van der Waals surface area (Å²) in [7, 11) is 0. The molecular formula is C11H18F3NO2S. The first kappa shape index (κ1) is 15.6. The molecule has 0 bridgehead atoms. The van der Waals surface area contributed by atoms with Gasteiger partial charge in [0, 0.05) is 12.3 Å². The van der Waals surface area contributed by atoms with E-state index in [9.17, 15) is 18.0 Å². The third-order valence-electron chi connectivity index (χ3n) is 3.18. The van der Waals surface area contributed by atoms with Gasteiger partial charge >= 0.3 is 11.5 Å². The summed E-state index contributed by atoms with van der Waals surface area (Å²) in [6, 6.07) is 0. The van der Waals surface area contributed by atoms with Crippen LogP contribution in [-0.4, -0.2) is 35.4 Å². The topological polar surface area (TPSA) is 49.3 Å². The molecule has 1 saturated carbocycles. The van der Waals surface area contributed by atoms with Gasteiger partial charge in [-0.2, -0.15) is 13.2 Å². The monoisotopic (exact) mass is 285 g/mol. The lowest BCUT2D eigenvalue weighted by Crippen LogP contribution is -2.35. The molecule has 0 amide bonds. The van der Waals surface area contributed by atoms with Crippen molar-refractivity contribution in [2.45, 2.75) is 31.2 Å². The lowest BCUT2D eigenvalue weighted by Gasteiger charge is -2.28. The van der Waals surface area contributed by atoms with Crippen molar-refractivity contribution in [1.82, 2.24) is 5.32 Å². The van der Waals surface area contributed by atoms with Gasteiger partial charge in [0.05, 0.1) is 5.92 Å². The molecule has 1 rings (SSSR count). The summed E-state index contributed by atoms with van der Waals surface area (Å²) in [5.41, 5.74) is -4.18. The average molecular weight is 285 g/mol. The quantitative estimate of drug-likeness (QED) is 0.737. The number of hydrogen-bond donors (Lipinski definition) is 2. The highest BCUT2D eigenvalue weighted by atomic mass is 32.2. The Morgan fingerprint density at radius 3 is 2.61 bits per heavy atom. The number of carbonyl (C=O) groups is 1. The molecule has 0 radical (unpaired) electrons. The molecule has 1 aliphatic carbocycles. The van der Waals surface area contributed by atoms with Crippen molar-refractivity contribution in [2.24, 2.45) is 11.8 Å². The van der Waals surface area contributed by atoms with Crippen LogP contribution in [0, 0.1) is 11.8 Å². The third-order valence-corrected chi connectivity index (χ3v) is 3.91. The first-order chi connectivity index (χ1) is 8.40. The first-order valence-electron chi connectivity index (χ1n) is 6.04.